The average molecular weight is 425 g/mol. The Morgan fingerprint density at radius 1 is 1.38 bits per heavy atom. The monoisotopic (exact) mass is 425 g/mol. The molecular formula is C15H19F4N5O5. The van der Waals surface area contributed by atoms with Crippen LogP contribution in [0.25, 0.3) is 11.2 Å². The third kappa shape index (κ3) is 3.62. The largest absolute Gasteiger partial charge is 0.479 e. The summed E-state index contributed by atoms with van der Waals surface area (Å²) < 4.78 is 64.7. The second-order valence-corrected chi connectivity index (χ2v) is 6.52. The molecule has 162 valence electrons. The molecule has 0 bridgehead atoms. The quantitative estimate of drug-likeness (QED) is 0.574. The number of hydrogen-bond acceptors (Lipinski definition) is 8. The number of nitrogen functional groups attached to an aromatic ring is 1. The summed E-state index contributed by atoms with van der Waals surface area (Å²) in [5, 5.41) is 20.1. The van der Waals surface area contributed by atoms with Crippen LogP contribution in [0.4, 0.5) is 23.5 Å². The number of aliphatic hydroxyl groups is 2. The highest BCUT2D eigenvalue weighted by atomic mass is 19.4. The van der Waals surface area contributed by atoms with Crippen LogP contribution in [-0.2, 0) is 11.3 Å². The fourth-order valence-corrected chi connectivity index (χ4v) is 3.27. The zero-order valence-electron chi connectivity index (χ0n) is 15.3. The van der Waals surface area contributed by atoms with Crippen molar-refractivity contribution in [1.82, 2.24) is 19.1 Å². The van der Waals surface area contributed by atoms with E-state index in [9.17, 15) is 32.6 Å². The lowest BCUT2D eigenvalue weighted by atomic mass is 10.1. The van der Waals surface area contributed by atoms with Gasteiger partial charge in [0, 0.05) is 0 Å². The molecule has 1 aliphatic heterocycles. The molecule has 2 aromatic rings. The zero-order valence-corrected chi connectivity index (χ0v) is 15.3. The summed E-state index contributed by atoms with van der Waals surface area (Å²) in [6.45, 7) is -0.178. The van der Waals surface area contributed by atoms with Gasteiger partial charge < -0.3 is 25.4 Å². The van der Waals surface area contributed by atoms with Crippen molar-refractivity contribution >= 4 is 17.1 Å². The van der Waals surface area contributed by atoms with Crippen molar-refractivity contribution in [3.8, 4) is 5.88 Å². The number of methoxy groups -OCH3 is 1. The van der Waals surface area contributed by atoms with Gasteiger partial charge in [-0.25, -0.2) is 13.8 Å². The number of imidazole rings is 1. The Morgan fingerprint density at radius 3 is 2.59 bits per heavy atom. The first kappa shape index (κ1) is 21.3. The molecule has 0 unspecified atom stereocenters. The fourth-order valence-electron chi connectivity index (χ4n) is 3.27. The van der Waals surface area contributed by atoms with Crippen molar-refractivity contribution < 1.29 is 37.2 Å². The van der Waals surface area contributed by atoms with Crippen molar-refractivity contribution in [2.45, 2.75) is 56.8 Å². The topological polar surface area (TPSA) is 138 Å². The van der Waals surface area contributed by atoms with Crippen LogP contribution in [0.5, 0.6) is 5.88 Å². The van der Waals surface area contributed by atoms with Crippen LogP contribution in [0.15, 0.2) is 4.79 Å². The third-order valence-electron chi connectivity index (χ3n) is 4.60. The van der Waals surface area contributed by atoms with Gasteiger partial charge in [-0.05, 0) is 6.42 Å². The van der Waals surface area contributed by atoms with Crippen molar-refractivity contribution in [3.63, 3.8) is 0 Å². The summed E-state index contributed by atoms with van der Waals surface area (Å²) in [7, 11) is 1.10. The normalized spacial score (nSPS) is 26.2. The number of aromatic nitrogens is 4. The van der Waals surface area contributed by atoms with Crippen LogP contribution >= 0.6 is 0 Å². The number of alkyl halides is 4. The molecule has 1 saturated heterocycles. The molecule has 1 fully saturated rings. The Bertz CT molecular complexity index is 961. The van der Waals surface area contributed by atoms with Crippen LogP contribution in [0.3, 0.4) is 0 Å². The molecule has 0 saturated carbocycles. The number of rotatable bonds is 5. The first-order chi connectivity index (χ1) is 13.5. The summed E-state index contributed by atoms with van der Waals surface area (Å²) in [5.41, 5.74) is 3.37. The van der Waals surface area contributed by atoms with E-state index in [1.807, 2.05) is 0 Å². The van der Waals surface area contributed by atoms with Gasteiger partial charge in [0.1, 0.15) is 18.8 Å². The highest BCUT2D eigenvalue weighted by Crippen LogP contribution is 2.36. The Morgan fingerprint density at radius 2 is 2.03 bits per heavy atom. The second kappa shape index (κ2) is 7.42. The molecule has 0 aromatic carbocycles. The Balaban J connectivity index is 2.24. The van der Waals surface area contributed by atoms with E-state index in [4.69, 9.17) is 15.2 Å². The van der Waals surface area contributed by atoms with Crippen molar-refractivity contribution in [3.05, 3.63) is 10.5 Å². The minimum Gasteiger partial charge on any atom is -0.479 e. The first-order valence-electron chi connectivity index (χ1n) is 8.54. The highest BCUT2D eigenvalue weighted by Gasteiger charge is 2.49. The van der Waals surface area contributed by atoms with E-state index in [0.717, 1.165) is 7.11 Å². The van der Waals surface area contributed by atoms with Gasteiger partial charge in [0.25, 0.3) is 0 Å². The number of hydrogen-bond donors (Lipinski definition) is 3. The van der Waals surface area contributed by atoms with E-state index >= 15 is 0 Å². The maximum absolute atomic E-state index is 14.5. The molecule has 1 aliphatic rings. The number of anilines is 1. The summed E-state index contributed by atoms with van der Waals surface area (Å²) in [6, 6.07) is 0. The molecule has 4 N–H and O–H groups in total. The van der Waals surface area contributed by atoms with E-state index in [1.165, 1.54) is 0 Å². The van der Waals surface area contributed by atoms with Crippen LogP contribution in [0, 0.1) is 0 Å². The summed E-state index contributed by atoms with van der Waals surface area (Å²) in [4.78, 5) is 20.3. The maximum atomic E-state index is 14.5. The Kier molecular flexibility index (Phi) is 5.44. The van der Waals surface area contributed by atoms with E-state index in [1.54, 1.807) is 6.92 Å². The number of ether oxygens (including phenoxy) is 2. The number of halogens is 4. The standard InChI is InChI=1S/C15H19F4N5O5/c1-3-5(25)9-6(16)8(26)12(29-9)24-10-7(11(28-2)22-13(20)21-10)23(14(24)27)4-15(17,18)19/h5-6,8-9,12,25-26H,3-4H2,1-2H3,(H2,20,21,22)/t5-,6+,8+,9+,12+/m0/s1. The Labute approximate surface area is 160 Å². The van der Waals surface area contributed by atoms with Crippen LogP contribution in [0.1, 0.15) is 19.6 Å². The zero-order chi connectivity index (χ0) is 21.7. The summed E-state index contributed by atoms with van der Waals surface area (Å²) in [6.07, 6.45) is -13.3. The number of aliphatic hydroxyl groups excluding tert-OH is 2. The lowest BCUT2D eigenvalue weighted by molar-refractivity contribution is -0.140. The smallest absolute Gasteiger partial charge is 0.406 e. The van der Waals surface area contributed by atoms with Gasteiger partial charge in [-0.2, -0.15) is 23.1 Å². The predicted octanol–water partition coefficient (Wildman–Crippen LogP) is 0.113. The van der Waals surface area contributed by atoms with Gasteiger partial charge in [0.2, 0.25) is 11.8 Å². The van der Waals surface area contributed by atoms with E-state index < -0.39 is 72.1 Å². The highest BCUT2D eigenvalue weighted by molar-refractivity contribution is 5.78. The van der Waals surface area contributed by atoms with Crippen LogP contribution in [-0.4, -0.2) is 67.1 Å². The molecule has 0 amide bonds. The Hall–Kier alpha value is -2.45. The van der Waals surface area contributed by atoms with E-state index in [2.05, 4.69) is 9.97 Å². The van der Waals surface area contributed by atoms with E-state index in [0.29, 0.717) is 4.57 Å². The number of fused-ring (bicyclic) bond motifs is 1. The molecule has 29 heavy (non-hydrogen) atoms. The van der Waals surface area contributed by atoms with Gasteiger partial charge in [-0.15, -0.1) is 0 Å². The van der Waals surface area contributed by atoms with Crippen molar-refractivity contribution in [2.24, 2.45) is 0 Å². The summed E-state index contributed by atoms with van der Waals surface area (Å²) >= 11 is 0. The van der Waals surface area contributed by atoms with Crippen molar-refractivity contribution in [1.29, 1.82) is 0 Å². The lowest BCUT2D eigenvalue weighted by Crippen LogP contribution is -2.36. The maximum Gasteiger partial charge on any atom is 0.406 e. The number of nitrogens with zero attached hydrogens (tertiary/aromatic N) is 4. The van der Waals surface area contributed by atoms with Gasteiger partial charge in [-0.3, -0.25) is 4.57 Å². The van der Waals surface area contributed by atoms with Gasteiger partial charge in [0.15, 0.2) is 23.6 Å². The average Bonchev–Trinajstić information content (AvgIpc) is 3.07. The molecular weight excluding hydrogens is 406 g/mol. The molecule has 14 heteroatoms. The summed E-state index contributed by atoms with van der Waals surface area (Å²) in [5.74, 6) is -0.844. The minimum absolute atomic E-state index is 0.0815. The molecule has 5 atom stereocenters. The van der Waals surface area contributed by atoms with Gasteiger partial charge in [-0.1, -0.05) is 6.92 Å². The third-order valence-corrected chi connectivity index (χ3v) is 4.60. The number of nitrogens with two attached hydrogens (primary N) is 1. The first-order valence-corrected chi connectivity index (χ1v) is 8.54. The second-order valence-electron chi connectivity index (χ2n) is 6.52. The minimum atomic E-state index is -4.80. The lowest BCUT2D eigenvalue weighted by Gasteiger charge is -2.18. The molecule has 0 radical (unpaired) electrons. The fraction of sp³-hybridized carbons (Fsp3) is 0.667. The molecule has 3 heterocycles. The predicted molar refractivity (Wildman–Crippen MR) is 89.9 cm³/mol. The molecule has 0 spiro atoms. The molecule has 10 nitrogen and oxygen atoms in total. The molecule has 2 aromatic heterocycles. The van der Waals surface area contributed by atoms with Crippen LogP contribution in [0.2, 0.25) is 0 Å². The molecule has 3 rings (SSSR count). The van der Waals surface area contributed by atoms with Gasteiger partial charge in [0.05, 0.1) is 13.2 Å². The van der Waals surface area contributed by atoms with Crippen LogP contribution < -0.4 is 16.2 Å². The SMILES string of the molecule is CC[C@H](O)[C@H]1O[C@@H](n2c(=O)n(CC(F)(F)F)c3c(OC)nc(N)nc32)[C@H](O)[C@H]1F. The van der Waals surface area contributed by atoms with E-state index in [-0.39, 0.29) is 11.0 Å². The van der Waals surface area contributed by atoms with Crippen molar-refractivity contribution in [2.75, 3.05) is 12.8 Å². The van der Waals surface area contributed by atoms with Gasteiger partial charge >= 0.3 is 11.9 Å². The molecule has 0 aliphatic carbocycles.